The highest BCUT2D eigenvalue weighted by Gasteiger charge is 2.34. The number of ether oxygens (including phenoxy) is 3. The van der Waals surface area contributed by atoms with Gasteiger partial charge in [0.15, 0.2) is 6.10 Å². The van der Waals surface area contributed by atoms with Gasteiger partial charge in [0.05, 0.1) is 12.6 Å². The first-order valence-corrected chi connectivity index (χ1v) is 9.47. The number of aliphatic hydroxyl groups excluding tert-OH is 1. The second-order valence-electron chi connectivity index (χ2n) is 6.93. The maximum Gasteiger partial charge on any atom is 0.342 e. The number of aliphatic hydroxyl groups is 1. The minimum atomic E-state index is -0.951. The van der Waals surface area contributed by atoms with Crippen molar-refractivity contribution in [3.8, 4) is 0 Å². The fourth-order valence-electron chi connectivity index (χ4n) is 3.60. The molecule has 2 aliphatic rings. The molecule has 9 heteroatoms. The lowest BCUT2D eigenvalue weighted by molar-refractivity contribution is -0.169. The van der Waals surface area contributed by atoms with Gasteiger partial charge in [-0.15, -0.1) is 0 Å². The Morgan fingerprint density at radius 2 is 1.81 bits per heavy atom. The van der Waals surface area contributed by atoms with Gasteiger partial charge in [-0.1, -0.05) is 0 Å². The molecule has 0 aromatic heterocycles. The Labute approximate surface area is 159 Å². The average Bonchev–Trinajstić information content (AvgIpc) is 3.36. The monoisotopic (exact) mass is 386 g/mol. The smallest absolute Gasteiger partial charge is 0.342 e. The maximum atomic E-state index is 12.6. The van der Waals surface area contributed by atoms with E-state index in [4.69, 9.17) is 14.2 Å². The zero-order valence-corrected chi connectivity index (χ0v) is 16.0. The molecule has 0 saturated carbocycles. The van der Waals surface area contributed by atoms with Gasteiger partial charge in [0.2, 0.25) is 0 Å². The van der Waals surface area contributed by atoms with Crippen molar-refractivity contribution in [3.63, 3.8) is 0 Å². The highest BCUT2D eigenvalue weighted by molar-refractivity contribution is 5.90. The Balaban J connectivity index is 1.85. The standard InChI is InChI=1S/C18H30N2O7/c1-25-14(16(22)20-10-4-5-12(20)11-21)7-8-15(26-2)18(24)27-17(23)13-6-3-9-19-13/h12-15,19,21H,3-11H2,1-2H3/t12-,13?,14+,15+/m1/s1. The summed E-state index contributed by atoms with van der Waals surface area (Å²) in [7, 11) is 2.79. The number of carbonyl (C=O) groups excluding carboxylic acids is 3. The Hall–Kier alpha value is -1.55. The summed E-state index contributed by atoms with van der Waals surface area (Å²) < 4.78 is 15.4. The summed E-state index contributed by atoms with van der Waals surface area (Å²) in [6, 6.07) is -0.639. The second-order valence-corrected chi connectivity index (χ2v) is 6.93. The second kappa shape index (κ2) is 10.7. The zero-order chi connectivity index (χ0) is 19.8. The SMILES string of the molecule is CO[C@@H](CC[C@H](OC)C(=O)N1CCC[C@@H]1CO)C(=O)OC(=O)C1CCCN1. The van der Waals surface area contributed by atoms with Crippen LogP contribution < -0.4 is 5.32 Å². The third kappa shape index (κ3) is 5.71. The van der Waals surface area contributed by atoms with Crippen molar-refractivity contribution in [1.29, 1.82) is 0 Å². The fourth-order valence-corrected chi connectivity index (χ4v) is 3.60. The van der Waals surface area contributed by atoms with Crippen molar-refractivity contribution < 1.29 is 33.7 Å². The molecular weight excluding hydrogens is 356 g/mol. The van der Waals surface area contributed by atoms with E-state index in [1.54, 1.807) is 4.90 Å². The lowest BCUT2D eigenvalue weighted by atomic mass is 10.1. The summed E-state index contributed by atoms with van der Waals surface area (Å²) in [5.74, 6) is -1.56. The minimum Gasteiger partial charge on any atom is -0.394 e. The van der Waals surface area contributed by atoms with E-state index in [1.165, 1.54) is 14.2 Å². The number of rotatable bonds is 9. The third-order valence-electron chi connectivity index (χ3n) is 5.22. The molecule has 2 aliphatic heterocycles. The molecule has 2 rings (SSSR count). The molecule has 0 aliphatic carbocycles. The van der Waals surface area contributed by atoms with Gasteiger partial charge in [-0.25, -0.2) is 9.59 Å². The molecule has 0 spiro atoms. The van der Waals surface area contributed by atoms with Crippen LogP contribution in [0.5, 0.6) is 0 Å². The van der Waals surface area contributed by atoms with Crippen molar-refractivity contribution in [2.45, 2.75) is 62.8 Å². The van der Waals surface area contributed by atoms with Crippen molar-refractivity contribution in [3.05, 3.63) is 0 Å². The number of hydrogen-bond acceptors (Lipinski definition) is 8. The first kappa shape index (κ1) is 21.7. The molecule has 2 heterocycles. The van der Waals surface area contributed by atoms with E-state index in [2.05, 4.69) is 5.32 Å². The van der Waals surface area contributed by atoms with E-state index in [0.29, 0.717) is 13.0 Å². The Bertz CT molecular complexity index is 522. The van der Waals surface area contributed by atoms with Crippen LogP contribution in [-0.4, -0.2) is 86.1 Å². The van der Waals surface area contributed by atoms with Crippen molar-refractivity contribution >= 4 is 17.8 Å². The highest BCUT2D eigenvalue weighted by Crippen LogP contribution is 2.20. The van der Waals surface area contributed by atoms with Gasteiger partial charge < -0.3 is 29.5 Å². The summed E-state index contributed by atoms with van der Waals surface area (Å²) in [5.41, 5.74) is 0. The van der Waals surface area contributed by atoms with Crippen LogP contribution in [0.1, 0.15) is 38.5 Å². The molecule has 2 N–H and O–H groups in total. The summed E-state index contributed by atoms with van der Waals surface area (Å²) in [6.07, 6.45) is 1.86. The first-order chi connectivity index (χ1) is 13.0. The molecule has 27 heavy (non-hydrogen) atoms. The minimum absolute atomic E-state index is 0.0769. The molecular formula is C18H30N2O7. The third-order valence-corrected chi connectivity index (χ3v) is 5.22. The summed E-state index contributed by atoms with van der Waals surface area (Å²) >= 11 is 0. The van der Waals surface area contributed by atoms with E-state index >= 15 is 0 Å². The van der Waals surface area contributed by atoms with E-state index in [9.17, 15) is 19.5 Å². The number of amides is 1. The van der Waals surface area contributed by atoms with Crippen LogP contribution in [0.25, 0.3) is 0 Å². The van der Waals surface area contributed by atoms with Gasteiger partial charge in [-0.2, -0.15) is 0 Å². The van der Waals surface area contributed by atoms with E-state index in [0.717, 1.165) is 25.8 Å². The predicted octanol–water partition coefficient (Wildman–Crippen LogP) is -0.398. The molecule has 2 fully saturated rings. The van der Waals surface area contributed by atoms with Crippen LogP contribution in [0.15, 0.2) is 0 Å². The molecule has 1 amide bonds. The maximum absolute atomic E-state index is 12.6. The normalized spacial score (nSPS) is 24.6. The zero-order valence-electron chi connectivity index (χ0n) is 16.0. The van der Waals surface area contributed by atoms with Gasteiger partial charge in [0.1, 0.15) is 12.1 Å². The van der Waals surface area contributed by atoms with Gasteiger partial charge >= 0.3 is 11.9 Å². The van der Waals surface area contributed by atoms with E-state index in [-0.39, 0.29) is 31.4 Å². The Morgan fingerprint density at radius 1 is 1.11 bits per heavy atom. The van der Waals surface area contributed by atoms with Crippen LogP contribution in [0.3, 0.4) is 0 Å². The van der Waals surface area contributed by atoms with Gasteiger partial charge in [-0.05, 0) is 45.1 Å². The van der Waals surface area contributed by atoms with Crippen LogP contribution >= 0.6 is 0 Å². The Kier molecular flexibility index (Phi) is 8.62. The number of likely N-dealkylation sites (tertiary alicyclic amines) is 1. The first-order valence-electron chi connectivity index (χ1n) is 9.47. The van der Waals surface area contributed by atoms with Crippen molar-refractivity contribution in [2.75, 3.05) is 33.9 Å². The molecule has 0 radical (unpaired) electrons. The van der Waals surface area contributed by atoms with Crippen LogP contribution in [0.2, 0.25) is 0 Å². The summed E-state index contributed by atoms with van der Waals surface area (Å²) in [6.45, 7) is 1.24. The molecule has 154 valence electrons. The lowest BCUT2D eigenvalue weighted by Gasteiger charge is -2.27. The molecule has 2 saturated heterocycles. The van der Waals surface area contributed by atoms with Crippen molar-refractivity contribution in [2.24, 2.45) is 0 Å². The topological polar surface area (TPSA) is 114 Å². The van der Waals surface area contributed by atoms with E-state index in [1.807, 2.05) is 0 Å². The number of esters is 2. The number of nitrogens with one attached hydrogen (secondary N) is 1. The number of carbonyl (C=O) groups is 3. The number of methoxy groups -OCH3 is 2. The van der Waals surface area contributed by atoms with Crippen LogP contribution in [0, 0.1) is 0 Å². The van der Waals surface area contributed by atoms with Gasteiger partial charge in [0.25, 0.3) is 5.91 Å². The summed E-state index contributed by atoms with van der Waals surface area (Å²) in [4.78, 5) is 38.4. The average molecular weight is 386 g/mol. The summed E-state index contributed by atoms with van der Waals surface area (Å²) in [5, 5.41) is 12.4. The molecule has 1 unspecified atom stereocenters. The molecule has 4 atom stereocenters. The Morgan fingerprint density at radius 3 is 2.41 bits per heavy atom. The largest absolute Gasteiger partial charge is 0.394 e. The lowest BCUT2D eigenvalue weighted by Crippen LogP contribution is -2.44. The molecule has 0 bridgehead atoms. The predicted molar refractivity (Wildman–Crippen MR) is 94.8 cm³/mol. The quantitative estimate of drug-likeness (QED) is 0.406. The number of hydrogen-bond donors (Lipinski definition) is 2. The highest BCUT2D eigenvalue weighted by atomic mass is 16.6. The van der Waals surface area contributed by atoms with Crippen LogP contribution in [-0.2, 0) is 28.6 Å². The van der Waals surface area contributed by atoms with Gasteiger partial charge in [-0.3, -0.25) is 4.79 Å². The molecule has 9 nitrogen and oxygen atoms in total. The fraction of sp³-hybridized carbons (Fsp3) is 0.833. The van der Waals surface area contributed by atoms with Crippen molar-refractivity contribution in [1.82, 2.24) is 10.2 Å². The van der Waals surface area contributed by atoms with Gasteiger partial charge in [0, 0.05) is 20.8 Å². The molecule has 0 aromatic carbocycles. The molecule has 0 aromatic rings. The van der Waals surface area contributed by atoms with Crippen LogP contribution in [0.4, 0.5) is 0 Å². The van der Waals surface area contributed by atoms with E-state index < -0.39 is 30.2 Å². The number of nitrogens with zero attached hydrogens (tertiary/aromatic N) is 1.